The minimum atomic E-state index is -0.125. The molecule has 22 heavy (non-hydrogen) atoms. The second-order valence-electron chi connectivity index (χ2n) is 6.19. The van der Waals surface area contributed by atoms with Gasteiger partial charge < -0.3 is 5.21 Å². The summed E-state index contributed by atoms with van der Waals surface area (Å²) >= 11 is 0. The Morgan fingerprint density at radius 2 is 1.73 bits per heavy atom. The predicted octanol–water partition coefficient (Wildman–Crippen LogP) is 3.11. The third kappa shape index (κ3) is 1.97. The lowest BCUT2D eigenvalue weighted by Gasteiger charge is -2.26. The molecular formula is C19H17NO2. The quantitative estimate of drug-likeness (QED) is 0.377. The molecule has 4 unspecified atom stereocenters. The first kappa shape index (κ1) is 13.3. The molecule has 4 rings (SSSR count). The van der Waals surface area contributed by atoms with Crippen LogP contribution in [-0.4, -0.2) is 5.78 Å². The Morgan fingerprint density at radius 3 is 2.50 bits per heavy atom. The van der Waals surface area contributed by atoms with Crippen LogP contribution in [0.5, 0.6) is 0 Å². The van der Waals surface area contributed by atoms with Gasteiger partial charge >= 0.3 is 0 Å². The van der Waals surface area contributed by atoms with Gasteiger partial charge in [0.25, 0.3) is 5.69 Å². The molecule has 2 aliphatic carbocycles. The number of benzene rings is 1. The molecule has 0 radical (unpaired) electrons. The third-order valence-electron chi connectivity index (χ3n) is 5.02. The van der Waals surface area contributed by atoms with E-state index in [-0.39, 0.29) is 29.2 Å². The molecule has 0 amide bonds. The molecule has 1 aromatic carbocycles. The molecule has 1 fully saturated rings. The summed E-state index contributed by atoms with van der Waals surface area (Å²) in [6.45, 7) is 0. The molecule has 4 atom stereocenters. The largest absolute Gasteiger partial charge is 0.618 e. The number of hydrogen-bond acceptors (Lipinski definition) is 2. The van der Waals surface area contributed by atoms with Gasteiger partial charge in [-0.05, 0) is 29.9 Å². The third-order valence-corrected chi connectivity index (χ3v) is 5.02. The van der Waals surface area contributed by atoms with Crippen LogP contribution in [0.25, 0.3) is 0 Å². The molecule has 3 nitrogen and oxygen atoms in total. The Kier molecular flexibility index (Phi) is 3.07. The maximum atomic E-state index is 13.0. The van der Waals surface area contributed by atoms with Gasteiger partial charge in [0.2, 0.25) is 5.78 Å². The van der Waals surface area contributed by atoms with Crippen molar-refractivity contribution in [3.05, 3.63) is 83.3 Å². The standard InChI is InChI=1S/C19H17NO2/c21-19(16-8-4-5-11-20(16)22)18-15-10-9-14(12-15)17(18)13-6-2-1-3-7-13/h1-11,14-15,17-18H,12H2. The first-order chi connectivity index (χ1) is 10.8. The zero-order valence-electron chi connectivity index (χ0n) is 12.1. The molecule has 0 aliphatic heterocycles. The number of aromatic nitrogens is 1. The molecule has 2 aliphatic rings. The van der Waals surface area contributed by atoms with Gasteiger partial charge in [-0.1, -0.05) is 42.5 Å². The fourth-order valence-corrected chi connectivity index (χ4v) is 4.10. The fourth-order valence-electron chi connectivity index (χ4n) is 4.10. The SMILES string of the molecule is O=C(c1cccc[n+]1[O-])C1C2C=CC(C2)C1c1ccccc1. The van der Waals surface area contributed by atoms with Crippen LogP contribution >= 0.6 is 0 Å². The number of carbonyl (C=O) groups excluding carboxylic acids is 1. The minimum Gasteiger partial charge on any atom is -0.618 e. The molecule has 2 bridgehead atoms. The lowest BCUT2D eigenvalue weighted by Crippen LogP contribution is -2.38. The van der Waals surface area contributed by atoms with Gasteiger partial charge in [0, 0.05) is 24.0 Å². The topological polar surface area (TPSA) is 44.0 Å². The first-order valence-corrected chi connectivity index (χ1v) is 7.71. The van der Waals surface area contributed by atoms with E-state index in [2.05, 4.69) is 24.3 Å². The number of pyridine rings is 1. The maximum Gasteiger partial charge on any atom is 0.260 e. The molecule has 0 saturated heterocycles. The van der Waals surface area contributed by atoms with E-state index in [4.69, 9.17) is 0 Å². The number of rotatable bonds is 3. The number of carbonyl (C=O) groups is 1. The van der Waals surface area contributed by atoms with Gasteiger partial charge in [0.1, 0.15) is 0 Å². The number of hydrogen-bond donors (Lipinski definition) is 0. The van der Waals surface area contributed by atoms with E-state index < -0.39 is 0 Å². The van der Waals surface area contributed by atoms with Crippen molar-refractivity contribution in [3.8, 4) is 0 Å². The van der Waals surface area contributed by atoms with Crippen LogP contribution in [0.1, 0.15) is 28.4 Å². The van der Waals surface area contributed by atoms with Crippen LogP contribution in [0.2, 0.25) is 0 Å². The number of fused-ring (bicyclic) bond motifs is 2. The molecule has 1 aromatic heterocycles. The summed E-state index contributed by atoms with van der Waals surface area (Å²) in [5.74, 6) is 0.693. The van der Waals surface area contributed by atoms with Crippen molar-refractivity contribution in [1.82, 2.24) is 0 Å². The molecule has 1 saturated carbocycles. The Morgan fingerprint density at radius 1 is 1.00 bits per heavy atom. The normalized spacial score (nSPS) is 28.9. The van der Waals surface area contributed by atoms with Gasteiger partial charge in [-0.2, -0.15) is 4.73 Å². The number of nitrogens with zero attached hydrogens (tertiary/aromatic N) is 1. The van der Waals surface area contributed by atoms with Crippen molar-refractivity contribution in [2.75, 3.05) is 0 Å². The molecule has 110 valence electrons. The van der Waals surface area contributed by atoms with Gasteiger partial charge in [0.15, 0.2) is 6.20 Å². The van der Waals surface area contributed by atoms with Crippen LogP contribution < -0.4 is 4.73 Å². The predicted molar refractivity (Wildman–Crippen MR) is 83.1 cm³/mol. The number of ketones is 1. The molecule has 0 spiro atoms. The average Bonchev–Trinajstić information content (AvgIpc) is 3.16. The molecular weight excluding hydrogens is 274 g/mol. The number of Topliss-reactive ketones (excluding diaryl/α,β-unsaturated/α-hetero) is 1. The van der Waals surface area contributed by atoms with E-state index in [1.807, 2.05) is 18.2 Å². The maximum absolute atomic E-state index is 13.0. The van der Waals surface area contributed by atoms with E-state index in [0.717, 1.165) is 6.42 Å². The van der Waals surface area contributed by atoms with E-state index in [0.29, 0.717) is 10.6 Å². The molecule has 0 N–H and O–H groups in total. The lowest BCUT2D eigenvalue weighted by molar-refractivity contribution is -0.607. The second-order valence-corrected chi connectivity index (χ2v) is 6.19. The van der Waals surface area contributed by atoms with E-state index in [1.165, 1.54) is 11.8 Å². The van der Waals surface area contributed by atoms with Crippen LogP contribution in [0, 0.1) is 23.0 Å². The van der Waals surface area contributed by atoms with Crippen molar-refractivity contribution in [1.29, 1.82) is 0 Å². The first-order valence-electron chi connectivity index (χ1n) is 7.71. The summed E-state index contributed by atoms with van der Waals surface area (Å²) in [5, 5.41) is 11.9. The average molecular weight is 291 g/mol. The second kappa shape index (κ2) is 5.09. The summed E-state index contributed by atoms with van der Waals surface area (Å²) in [4.78, 5) is 13.0. The van der Waals surface area contributed by atoms with E-state index in [1.54, 1.807) is 18.2 Å². The monoisotopic (exact) mass is 291 g/mol. The highest BCUT2D eigenvalue weighted by atomic mass is 16.5. The smallest absolute Gasteiger partial charge is 0.260 e. The van der Waals surface area contributed by atoms with Gasteiger partial charge in [-0.15, -0.1) is 0 Å². The van der Waals surface area contributed by atoms with E-state index >= 15 is 0 Å². The Balaban J connectivity index is 1.75. The van der Waals surface area contributed by atoms with E-state index in [9.17, 15) is 10.0 Å². The molecule has 2 aromatic rings. The zero-order chi connectivity index (χ0) is 15.1. The summed E-state index contributed by atoms with van der Waals surface area (Å²) in [5.41, 5.74) is 1.46. The fraction of sp³-hybridized carbons (Fsp3) is 0.263. The Bertz CT molecular complexity index is 738. The zero-order valence-corrected chi connectivity index (χ0v) is 12.1. The Hall–Kier alpha value is -2.42. The van der Waals surface area contributed by atoms with Crippen LogP contribution in [0.3, 0.4) is 0 Å². The van der Waals surface area contributed by atoms with Crippen LogP contribution in [0.15, 0.2) is 66.9 Å². The van der Waals surface area contributed by atoms with Crippen LogP contribution in [-0.2, 0) is 0 Å². The Labute approximate surface area is 129 Å². The van der Waals surface area contributed by atoms with Crippen molar-refractivity contribution in [2.24, 2.45) is 17.8 Å². The highest BCUT2D eigenvalue weighted by Gasteiger charge is 2.50. The molecule has 1 heterocycles. The van der Waals surface area contributed by atoms with Gasteiger partial charge in [-0.3, -0.25) is 4.79 Å². The summed E-state index contributed by atoms with van der Waals surface area (Å²) in [7, 11) is 0. The van der Waals surface area contributed by atoms with Gasteiger partial charge in [0.05, 0.1) is 0 Å². The highest BCUT2D eigenvalue weighted by Crippen LogP contribution is 2.53. The summed E-state index contributed by atoms with van der Waals surface area (Å²) in [6, 6.07) is 15.2. The van der Waals surface area contributed by atoms with Crippen LogP contribution in [0.4, 0.5) is 0 Å². The summed E-state index contributed by atoms with van der Waals surface area (Å²) < 4.78 is 0.695. The minimum absolute atomic E-state index is 0.0266. The lowest BCUT2D eigenvalue weighted by atomic mass is 9.75. The van der Waals surface area contributed by atoms with Crippen molar-refractivity contribution < 1.29 is 9.52 Å². The number of allylic oxidation sites excluding steroid dienone is 2. The van der Waals surface area contributed by atoms with Crippen molar-refractivity contribution in [2.45, 2.75) is 12.3 Å². The van der Waals surface area contributed by atoms with Gasteiger partial charge in [-0.25, -0.2) is 0 Å². The van der Waals surface area contributed by atoms with Crippen molar-refractivity contribution >= 4 is 5.78 Å². The van der Waals surface area contributed by atoms with Crippen molar-refractivity contribution in [3.63, 3.8) is 0 Å². The highest BCUT2D eigenvalue weighted by molar-refractivity contribution is 5.96. The summed E-state index contributed by atoms with van der Waals surface area (Å²) in [6.07, 6.45) is 6.81. The molecule has 3 heteroatoms.